The van der Waals surface area contributed by atoms with Gasteiger partial charge < -0.3 is 5.32 Å². The first kappa shape index (κ1) is 18.3. The summed E-state index contributed by atoms with van der Waals surface area (Å²) < 4.78 is 0. The number of anilines is 1. The van der Waals surface area contributed by atoms with Gasteiger partial charge >= 0.3 is 6.03 Å². The van der Waals surface area contributed by atoms with Crippen LogP contribution in [0.3, 0.4) is 0 Å². The van der Waals surface area contributed by atoms with Gasteiger partial charge in [-0.25, -0.2) is 9.69 Å². The Hall–Kier alpha value is -2.06. The van der Waals surface area contributed by atoms with E-state index >= 15 is 0 Å². The second kappa shape index (κ2) is 7.90. The molecule has 2 aliphatic rings. The Morgan fingerprint density at radius 2 is 1.81 bits per heavy atom. The van der Waals surface area contributed by atoms with Crippen LogP contribution in [-0.4, -0.2) is 30.1 Å². The Morgan fingerprint density at radius 1 is 1.07 bits per heavy atom. The third-order valence-corrected chi connectivity index (χ3v) is 6.01. The zero-order chi connectivity index (χ0) is 18.8. The fourth-order valence-corrected chi connectivity index (χ4v) is 4.36. The number of amides is 3. The predicted molar refractivity (Wildman–Crippen MR) is 107 cm³/mol. The van der Waals surface area contributed by atoms with E-state index in [0.717, 1.165) is 5.75 Å². The van der Waals surface area contributed by atoms with Gasteiger partial charge in [0.15, 0.2) is 0 Å². The third kappa shape index (κ3) is 3.96. The van der Waals surface area contributed by atoms with Crippen LogP contribution in [0, 0.1) is 5.92 Å². The smallest absolute Gasteiger partial charge is 0.321 e. The highest BCUT2D eigenvalue weighted by Crippen LogP contribution is 2.26. The molecule has 0 saturated carbocycles. The molecule has 0 aromatic heterocycles. The van der Waals surface area contributed by atoms with Gasteiger partial charge in [0.05, 0.1) is 17.8 Å². The van der Waals surface area contributed by atoms with Gasteiger partial charge in [0, 0.05) is 17.3 Å². The average Bonchev–Trinajstić information content (AvgIpc) is 2.68. The molecule has 0 bridgehead atoms. The average molecular weight is 403 g/mol. The Morgan fingerprint density at radius 3 is 2.56 bits per heavy atom. The molecule has 2 heterocycles. The minimum Gasteiger partial charge on any atom is -0.321 e. The molecule has 2 aliphatic heterocycles. The monoisotopic (exact) mass is 402 g/mol. The summed E-state index contributed by atoms with van der Waals surface area (Å²) in [5, 5.41) is 10.1. The molecule has 3 atom stereocenters. The summed E-state index contributed by atoms with van der Waals surface area (Å²) in [6.45, 7) is 0.493. The number of nitrogens with one attached hydrogen (secondary N) is 3. The number of urea groups is 1. The number of carbonyl (C=O) groups excluding carboxylic acids is 2. The van der Waals surface area contributed by atoms with Gasteiger partial charge in [0.25, 0.3) is 0 Å². The van der Waals surface area contributed by atoms with Crippen molar-refractivity contribution in [3.05, 3.63) is 65.2 Å². The van der Waals surface area contributed by atoms with Gasteiger partial charge in [0.2, 0.25) is 5.91 Å². The molecule has 2 aromatic carbocycles. The molecule has 140 valence electrons. The van der Waals surface area contributed by atoms with E-state index in [9.17, 15) is 9.59 Å². The number of nitrogens with zero attached hydrogens (tertiary/aromatic N) is 1. The largest absolute Gasteiger partial charge is 0.330 e. The second-order valence-corrected chi connectivity index (χ2v) is 7.97. The molecule has 0 spiro atoms. The lowest BCUT2D eigenvalue weighted by Crippen LogP contribution is -2.72. The fraction of sp³-hybridized carbons (Fsp3) is 0.263. The van der Waals surface area contributed by atoms with Crippen molar-refractivity contribution < 1.29 is 9.59 Å². The minimum absolute atomic E-state index is 0.0401. The molecule has 8 heteroatoms. The fourth-order valence-electron chi connectivity index (χ4n) is 3.22. The van der Waals surface area contributed by atoms with Crippen LogP contribution in [0.2, 0.25) is 5.02 Å². The van der Waals surface area contributed by atoms with Crippen LogP contribution in [0.1, 0.15) is 5.56 Å². The molecule has 3 amide bonds. The van der Waals surface area contributed by atoms with Crippen molar-refractivity contribution >= 4 is 41.0 Å². The van der Waals surface area contributed by atoms with Crippen molar-refractivity contribution in [2.45, 2.75) is 17.4 Å². The van der Waals surface area contributed by atoms with Crippen molar-refractivity contribution in [2.24, 2.45) is 5.92 Å². The third-order valence-electron chi connectivity index (χ3n) is 4.62. The molecule has 27 heavy (non-hydrogen) atoms. The van der Waals surface area contributed by atoms with Gasteiger partial charge in [-0.3, -0.25) is 15.4 Å². The number of fused-ring (bicyclic) bond motifs is 1. The summed E-state index contributed by atoms with van der Waals surface area (Å²) >= 11 is 7.59. The summed E-state index contributed by atoms with van der Waals surface area (Å²) in [5.41, 5.74) is 1.70. The number of carbonyl (C=O) groups is 2. The maximum atomic E-state index is 12.9. The van der Waals surface area contributed by atoms with Crippen LogP contribution in [0.4, 0.5) is 10.5 Å². The molecular formula is C19H19ClN4O2S. The number of halogens is 1. The Labute approximate surface area is 166 Å². The van der Waals surface area contributed by atoms with E-state index in [1.54, 1.807) is 36.0 Å². The van der Waals surface area contributed by atoms with Crippen LogP contribution < -0.4 is 20.9 Å². The second-order valence-electron chi connectivity index (χ2n) is 6.44. The minimum atomic E-state index is -0.426. The zero-order valence-electron chi connectivity index (χ0n) is 14.4. The van der Waals surface area contributed by atoms with Crippen LogP contribution in [-0.2, 0) is 10.5 Å². The summed E-state index contributed by atoms with van der Waals surface area (Å²) in [5.74, 6) is 0.242. The highest BCUT2D eigenvalue weighted by Gasteiger charge is 2.44. The summed E-state index contributed by atoms with van der Waals surface area (Å²) in [6, 6.07) is 16.4. The van der Waals surface area contributed by atoms with E-state index in [1.165, 1.54) is 10.5 Å². The van der Waals surface area contributed by atoms with Crippen LogP contribution in [0.25, 0.3) is 0 Å². The molecule has 3 N–H and O–H groups in total. The van der Waals surface area contributed by atoms with Gasteiger partial charge in [0.1, 0.15) is 5.50 Å². The molecule has 6 nitrogen and oxygen atoms in total. The van der Waals surface area contributed by atoms with E-state index in [1.807, 2.05) is 18.2 Å². The van der Waals surface area contributed by atoms with E-state index < -0.39 is 6.03 Å². The Bertz CT molecular complexity index is 833. The van der Waals surface area contributed by atoms with Gasteiger partial charge in [-0.2, -0.15) is 0 Å². The molecule has 2 aromatic rings. The van der Waals surface area contributed by atoms with Crippen molar-refractivity contribution in [3.63, 3.8) is 0 Å². The quantitative estimate of drug-likeness (QED) is 0.733. The zero-order valence-corrected chi connectivity index (χ0v) is 16.0. The number of rotatable bonds is 4. The molecule has 4 rings (SSSR count). The van der Waals surface area contributed by atoms with Crippen LogP contribution in [0.15, 0.2) is 54.6 Å². The highest BCUT2D eigenvalue weighted by atomic mass is 35.5. The molecule has 0 aliphatic carbocycles. The highest BCUT2D eigenvalue weighted by molar-refractivity contribution is 7.99. The van der Waals surface area contributed by atoms with E-state index in [4.69, 9.17) is 11.6 Å². The predicted octanol–water partition coefficient (Wildman–Crippen LogP) is 2.75. The SMILES string of the molecule is O=C1NC2NC(SCc3ccccc3)NCC2C(=O)N1c1ccc(Cl)cc1. The molecule has 0 radical (unpaired) electrons. The standard InChI is InChI=1S/C19H19ClN4O2S/c20-13-6-8-14(9-7-13)24-17(25)15-10-21-18(22-16(15)23-19(24)26)27-11-12-4-2-1-3-5-12/h1-9,15-16,18,21-22H,10-11H2,(H,23,26). The lowest BCUT2D eigenvalue weighted by Gasteiger charge is -2.43. The van der Waals surface area contributed by atoms with Crippen molar-refractivity contribution in [3.8, 4) is 0 Å². The first-order valence-corrected chi connectivity index (χ1v) is 10.1. The van der Waals surface area contributed by atoms with Crippen LogP contribution >= 0.6 is 23.4 Å². The summed E-state index contributed by atoms with van der Waals surface area (Å²) in [7, 11) is 0. The van der Waals surface area contributed by atoms with Crippen LogP contribution in [0.5, 0.6) is 0 Å². The Kier molecular flexibility index (Phi) is 5.36. The van der Waals surface area contributed by atoms with Crippen molar-refractivity contribution in [1.29, 1.82) is 0 Å². The maximum Gasteiger partial charge on any atom is 0.330 e. The molecule has 2 saturated heterocycles. The first-order valence-electron chi connectivity index (χ1n) is 8.67. The summed E-state index contributed by atoms with van der Waals surface area (Å²) in [4.78, 5) is 26.6. The molecule has 2 fully saturated rings. The number of hydrogen-bond acceptors (Lipinski definition) is 5. The number of benzene rings is 2. The van der Waals surface area contributed by atoms with Gasteiger partial charge in [-0.15, -0.1) is 11.8 Å². The number of imide groups is 1. The van der Waals surface area contributed by atoms with Crippen molar-refractivity contribution in [2.75, 3.05) is 11.4 Å². The van der Waals surface area contributed by atoms with E-state index in [0.29, 0.717) is 17.3 Å². The first-order chi connectivity index (χ1) is 13.1. The van der Waals surface area contributed by atoms with Gasteiger partial charge in [-0.05, 0) is 29.8 Å². The summed E-state index contributed by atoms with van der Waals surface area (Å²) in [6.07, 6.45) is -0.386. The van der Waals surface area contributed by atoms with E-state index in [2.05, 4.69) is 28.1 Å². The topological polar surface area (TPSA) is 73.5 Å². The lowest BCUT2D eigenvalue weighted by atomic mass is 9.99. The van der Waals surface area contributed by atoms with E-state index in [-0.39, 0.29) is 23.5 Å². The maximum absolute atomic E-state index is 12.9. The van der Waals surface area contributed by atoms with Crippen molar-refractivity contribution in [1.82, 2.24) is 16.0 Å². The lowest BCUT2D eigenvalue weighted by molar-refractivity contribution is -0.124. The Balaban J connectivity index is 1.41. The number of thioether (sulfide) groups is 1. The number of hydrogen-bond donors (Lipinski definition) is 3. The normalized spacial score (nSPS) is 25.1. The molecule has 3 unspecified atom stereocenters. The van der Waals surface area contributed by atoms with Gasteiger partial charge in [-0.1, -0.05) is 41.9 Å². The molecular weight excluding hydrogens is 384 g/mol.